The van der Waals surface area contributed by atoms with Crippen LogP contribution < -0.4 is 15.6 Å². The molecular formula is C27H36FN8O10P2S+. The number of aliphatic hydroxyl groups is 1. The second kappa shape index (κ2) is 16.8. The fraction of sp³-hybridized carbons (Fsp3) is 0.630. The predicted molar refractivity (Wildman–Crippen MR) is 173 cm³/mol. The summed E-state index contributed by atoms with van der Waals surface area (Å²) in [6.45, 7) is -0.606. The standard InChI is InChI=1S/C27H35FN8O10P2S/c1-15(2)10-31-27-34-24-22(25(38)35-27)33-14-36(24)26-23(21(28)19(11-37)44-26)46-48(49,41-7-3-5-29)42-12-16-8-17(9-18(16)45-47(39)40)43-20-4-6-30-13-32-20/h4,6,13-19,21,23,26,37H,3,7-12H2,1-2H3,(H2-,31,34,35,38,39,40)/p+1/t16-,17-,18+,19-,21-,23-,26-,48-/m1/s1. The van der Waals surface area contributed by atoms with Crippen molar-refractivity contribution >= 4 is 43.9 Å². The van der Waals surface area contributed by atoms with E-state index in [0.29, 0.717) is 18.8 Å². The average Bonchev–Trinajstić information content (AvgIpc) is 3.74. The van der Waals surface area contributed by atoms with Gasteiger partial charge in [-0.15, -0.1) is 9.42 Å². The van der Waals surface area contributed by atoms with E-state index < -0.39 is 69.9 Å². The molecule has 0 spiro atoms. The van der Waals surface area contributed by atoms with Gasteiger partial charge in [0.25, 0.3) is 5.56 Å². The number of ether oxygens (including phenoxy) is 2. The van der Waals surface area contributed by atoms with E-state index in [1.807, 2.05) is 19.9 Å². The third kappa shape index (κ3) is 9.38. The van der Waals surface area contributed by atoms with Crippen LogP contribution in [0.4, 0.5) is 10.3 Å². The largest absolute Gasteiger partial charge is 0.695 e. The highest BCUT2D eigenvalue weighted by Gasteiger charge is 2.51. The molecule has 4 N–H and O–H groups in total. The molecule has 1 aliphatic carbocycles. The third-order valence-electron chi connectivity index (χ3n) is 7.64. The topological polar surface area (TPSA) is 238 Å². The number of aromatic nitrogens is 6. The monoisotopic (exact) mass is 745 g/mol. The molecule has 49 heavy (non-hydrogen) atoms. The molecule has 1 saturated heterocycles. The summed E-state index contributed by atoms with van der Waals surface area (Å²) < 4.78 is 63.8. The van der Waals surface area contributed by atoms with E-state index in [2.05, 4.69) is 30.2 Å². The van der Waals surface area contributed by atoms with Gasteiger partial charge in [0, 0.05) is 35.7 Å². The average molecular weight is 746 g/mol. The number of anilines is 1. The summed E-state index contributed by atoms with van der Waals surface area (Å²) in [5, 5.41) is 22.1. The Morgan fingerprint density at radius 2 is 2.16 bits per heavy atom. The molecule has 0 amide bonds. The number of imidazole rings is 1. The van der Waals surface area contributed by atoms with Crippen LogP contribution in [-0.2, 0) is 39.2 Å². The zero-order valence-electron chi connectivity index (χ0n) is 26.4. The highest BCUT2D eigenvalue weighted by atomic mass is 32.5. The van der Waals surface area contributed by atoms with Gasteiger partial charge in [0.1, 0.15) is 30.7 Å². The number of nitrogens with zero attached hydrogens (tertiary/aromatic N) is 6. The number of halogens is 1. The van der Waals surface area contributed by atoms with Crippen LogP contribution in [0.25, 0.3) is 11.2 Å². The summed E-state index contributed by atoms with van der Waals surface area (Å²) in [7, 11) is -2.98. The van der Waals surface area contributed by atoms with Crippen molar-refractivity contribution in [3.05, 3.63) is 35.3 Å². The van der Waals surface area contributed by atoms with Gasteiger partial charge in [-0.05, 0) is 24.1 Å². The minimum atomic E-state index is -3.92. The van der Waals surface area contributed by atoms with Crippen molar-refractivity contribution < 1.29 is 46.5 Å². The molecule has 1 aliphatic heterocycles. The van der Waals surface area contributed by atoms with E-state index in [-0.39, 0.29) is 49.1 Å². The minimum absolute atomic E-state index is 0.0468. The number of H-pyrrole nitrogens is 1. The maximum atomic E-state index is 15.9. The quantitative estimate of drug-likeness (QED) is 0.115. The molecule has 266 valence electrons. The molecule has 22 heteroatoms. The van der Waals surface area contributed by atoms with Crippen molar-refractivity contribution in [1.82, 2.24) is 29.5 Å². The van der Waals surface area contributed by atoms with Crippen molar-refractivity contribution in [2.45, 2.75) is 69.9 Å². The van der Waals surface area contributed by atoms with Crippen molar-refractivity contribution in [3.8, 4) is 11.9 Å². The van der Waals surface area contributed by atoms with E-state index in [4.69, 9.17) is 44.6 Å². The second-order valence-electron chi connectivity index (χ2n) is 11.7. The minimum Gasteiger partial charge on any atom is -0.474 e. The Bertz CT molecular complexity index is 1730. The first-order valence-electron chi connectivity index (χ1n) is 15.3. The smallest absolute Gasteiger partial charge is 0.474 e. The Morgan fingerprint density at radius 1 is 1.35 bits per heavy atom. The first kappa shape index (κ1) is 37.2. The zero-order valence-corrected chi connectivity index (χ0v) is 29.0. The molecule has 2 fully saturated rings. The van der Waals surface area contributed by atoms with Crippen LogP contribution in [0.5, 0.6) is 5.88 Å². The molecular weight excluding hydrogens is 709 g/mol. The summed E-state index contributed by atoms with van der Waals surface area (Å²) >= 11 is 5.70. The number of rotatable bonds is 17. The van der Waals surface area contributed by atoms with Crippen LogP contribution in [0, 0.1) is 23.2 Å². The molecule has 4 heterocycles. The number of aromatic amines is 1. The van der Waals surface area contributed by atoms with Crippen molar-refractivity contribution in [2.24, 2.45) is 11.8 Å². The molecule has 18 nitrogen and oxygen atoms in total. The number of aliphatic hydroxyl groups excluding tert-OH is 1. The first-order chi connectivity index (χ1) is 23.5. The summed E-state index contributed by atoms with van der Waals surface area (Å²) in [5.74, 6) is 0.148. The van der Waals surface area contributed by atoms with E-state index >= 15 is 4.39 Å². The SMILES string of the molecule is CC(C)CNc1nc2c(ncn2[C@@H]2O[C@H](CO)[C@@H](F)[C@H]2O[P@@](=S)(OCCC#N)OC[C@H]2C[C@@H](Oc3ccncn3)C[C@@H]2O[P+](=O)O)c(=O)[nH]1. The van der Waals surface area contributed by atoms with Crippen LogP contribution in [0.1, 0.15) is 39.3 Å². The normalized spacial score (nSPS) is 26.9. The number of fused-ring (bicyclic) bond motifs is 1. The first-order valence-corrected chi connectivity index (χ1v) is 19.0. The number of hydrogen-bond donors (Lipinski definition) is 4. The van der Waals surface area contributed by atoms with Crippen LogP contribution in [0.2, 0.25) is 0 Å². The van der Waals surface area contributed by atoms with Gasteiger partial charge in [0.05, 0.1) is 38.6 Å². The number of hydrogen-bond acceptors (Lipinski definition) is 16. The molecule has 0 bridgehead atoms. The molecule has 9 atom stereocenters. The van der Waals surface area contributed by atoms with Crippen LogP contribution in [0.3, 0.4) is 0 Å². The number of nitriles is 1. The molecule has 5 rings (SSSR count). The Hall–Kier alpha value is -3.08. The lowest BCUT2D eigenvalue weighted by molar-refractivity contribution is -0.0489. The van der Waals surface area contributed by atoms with Gasteiger partial charge < -0.3 is 28.9 Å². The third-order valence-corrected chi connectivity index (χ3v) is 10.5. The zero-order chi connectivity index (χ0) is 35.1. The summed E-state index contributed by atoms with van der Waals surface area (Å²) in [4.78, 5) is 41.4. The Morgan fingerprint density at radius 3 is 2.86 bits per heavy atom. The highest BCUT2D eigenvalue weighted by Crippen LogP contribution is 2.55. The van der Waals surface area contributed by atoms with Crippen molar-refractivity contribution in [1.29, 1.82) is 5.26 Å². The van der Waals surface area contributed by atoms with Crippen LogP contribution in [-0.4, -0.2) is 96.4 Å². The van der Waals surface area contributed by atoms with Crippen molar-refractivity contribution in [3.63, 3.8) is 0 Å². The second-order valence-corrected chi connectivity index (χ2v) is 15.3. The molecule has 3 aromatic heterocycles. The molecule has 1 saturated carbocycles. The fourth-order valence-electron chi connectivity index (χ4n) is 5.39. The molecule has 3 aromatic rings. The van der Waals surface area contributed by atoms with Crippen LogP contribution in [0.15, 0.2) is 29.7 Å². The van der Waals surface area contributed by atoms with Gasteiger partial charge in [0.15, 0.2) is 23.6 Å². The fourth-order valence-corrected chi connectivity index (χ4v) is 7.98. The summed E-state index contributed by atoms with van der Waals surface area (Å²) in [6, 6.07) is 3.49. The van der Waals surface area contributed by atoms with E-state index in [9.17, 15) is 19.4 Å². The Kier molecular flexibility index (Phi) is 12.7. The summed E-state index contributed by atoms with van der Waals surface area (Å²) in [5.41, 5.74) is -0.540. The van der Waals surface area contributed by atoms with E-state index in [1.54, 1.807) is 6.07 Å². The van der Waals surface area contributed by atoms with Gasteiger partial charge in [-0.25, -0.2) is 19.3 Å². The summed E-state index contributed by atoms with van der Waals surface area (Å²) in [6.07, 6.45) is -2.97. The number of alkyl halides is 1. The molecule has 0 aromatic carbocycles. The van der Waals surface area contributed by atoms with Gasteiger partial charge in [0.2, 0.25) is 11.8 Å². The molecule has 1 unspecified atom stereocenters. The Balaban J connectivity index is 1.39. The highest BCUT2D eigenvalue weighted by molar-refractivity contribution is 8.07. The van der Waals surface area contributed by atoms with Gasteiger partial charge in [-0.1, -0.05) is 13.8 Å². The molecule has 0 radical (unpaired) electrons. The maximum absolute atomic E-state index is 15.9. The Labute approximate surface area is 285 Å². The van der Waals surface area contributed by atoms with Crippen molar-refractivity contribution in [2.75, 3.05) is 31.7 Å². The molecule has 2 aliphatic rings. The predicted octanol–water partition coefficient (Wildman–Crippen LogP) is 2.65. The van der Waals surface area contributed by atoms with E-state index in [1.165, 1.54) is 23.4 Å². The number of nitrogens with one attached hydrogen (secondary N) is 2. The lowest BCUT2D eigenvalue weighted by atomic mass is 10.1. The van der Waals surface area contributed by atoms with Gasteiger partial charge in [-0.3, -0.25) is 18.9 Å². The lowest BCUT2D eigenvalue weighted by Gasteiger charge is -2.29. The van der Waals surface area contributed by atoms with Gasteiger partial charge >= 0.3 is 15.0 Å². The van der Waals surface area contributed by atoms with E-state index in [0.717, 1.165) is 0 Å². The lowest BCUT2D eigenvalue weighted by Crippen LogP contribution is -2.32. The van der Waals surface area contributed by atoms with Crippen LogP contribution >= 0.6 is 15.0 Å². The van der Waals surface area contributed by atoms with Gasteiger partial charge in [-0.2, -0.15) is 10.2 Å². The maximum Gasteiger partial charge on any atom is 0.695 e.